The highest BCUT2D eigenvalue weighted by molar-refractivity contribution is 5.93. The zero-order chi connectivity index (χ0) is 23.4. The maximum atomic E-state index is 12.6. The molecule has 1 aliphatic heterocycles. The van der Waals surface area contributed by atoms with Crippen LogP contribution >= 0.6 is 0 Å². The van der Waals surface area contributed by atoms with E-state index in [0.717, 1.165) is 11.3 Å². The Balaban J connectivity index is 1.38. The number of aromatic nitrogens is 2. The molecular weight excluding hydrogens is 424 g/mol. The molecule has 2 aromatic carbocycles. The molecule has 170 valence electrons. The number of benzene rings is 2. The number of amides is 1. The highest BCUT2D eigenvalue weighted by Gasteiger charge is 2.21. The average Bonchev–Trinajstić information content (AvgIpc) is 2.84. The Morgan fingerprint density at radius 1 is 1.06 bits per heavy atom. The van der Waals surface area contributed by atoms with E-state index < -0.39 is 16.4 Å². The van der Waals surface area contributed by atoms with E-state index in [1.54, 1.807) is 12.1 Å². The molecule has 1 unspecified atom stereocenters. The first kappa shape index (κ1) is 22.0. The van der Waals surface area contributed by atoms with Crippen molar-refractivity contribution < 1.29 is 9.72 Å². The molecule has 10 nitrogen and oxygen atoms in total. The number of nitrogens with one attached hydrogen (secondary N) is 2. The summed E-state index contributed by atoms with van der Waals surface area (Å²) >= 11 is 0. The van der Waals surface area contributed by atoms with E-state index in [1.807, 2.05) is 42.2 Å². The molecule has 3 aromatic rings. The fourth-order valence-electron chi connectivity index (χ4n) is 3.77. The molecule has 1 aromatic heterocycles. The summed E-state index contributed by atoms with van der Waals surface area (Å²) in [5, 5.41) is 13.6. The largest absolute Gasteiger partial charge is 0.368 e. The minimum Gasteiger partial charge on any atom is -0.368 e. The third-order valence-corrected chi connectivity index (χ3v) is 5.68. The summed E-state index contributed by atoms with van der Waals surface area (Å²) in [5.74, 6) is -0.0642. The van der Waals surface area contributed by atoms with E-state index in [4.69, 9.17) is 0 Å². The van der Waals surface area contributed by atoms with Gasteiger partial charge in [0.25, 0.3) is 17.2 Å². The molecular formula is C23H24N6O4. The minimum absolute atomic E-state index is 0.0361. The zero-order valence-corrected chi connectivity index (χ0v) is 18.1. The second kappa shape index (κ2) is 9.51. The summed E-state index contributed by atoms with van der Waals surface area (Å²) in [7, 11) is 0. The Hall–Kier alpha value is -4.21. The van der Waals surface area contributed by atoms with E-state index in [1.165, 1.54) is 18.3 Å². The Labute approximate surface area is 190 Å². The molecule has 2 heterocycles. The van der Waals surface area contributed by atoms with Gasteiger partial charge in [-0.1, -0.05) is 30.3 Å². The van der Waals surface area contributed by atoms with Crippen molar-refractivity contribution >= 4 is 23.2 Å². The maximum Gasteiger partial charge on any atom is 0.269 e. The van der Waals surface area contributed by atoms with Crippen LogP contribution in [0.3, 0.4) is 0 Å². The molecule has 0 bridgehead atoms. The predicted molar refractivity (Wildman–Crippen MR) is 125 cm³/mol. The molecule has 1 saturated heterocycles. The number of nitrogens with zero attached hydrogens (tertiary/aromatic N) is 4. The van der Waals surface area contributed by atoms with Crippen LogP contribution < -0.4 is 20.7 Å². The van der Waals surface area contributed by atoms with Crippen molar-refractivity contribution in [3.63, 3.8) is 0 Å². The highest BCUT2D eigenvalue weighted by atomic mass is 16.6. The summed E-state index contributed by atoms with van der Waals surface area (Å²) in [6.07, 6.45) is 1.31. The molecule has 1 aliphatic rings. The number of anilines is 2. The number of rotatable bonds is 6. The summed E-state index contributed by atoms with van der Waals surface area (Å²) in [4.78, 5) is 46.6. The number of aromatic amines is 1. The fourth-order valence-corrected chi connectivity index (χ4v) is 3.77. The molecule has 4 rings (SSSR count). The fraction of sp³-hybridized carbons (Fsp3) is 0.261. The number of non-ortho nitro benzene ring substituents is 1. The van der Waals surface area contributed by atoms with Gasteiger partial charge in [-0.25, -0.2) is 4.98 Å². The number of nitro groups is 1. The van der Waals surface area contributed by atoms with E-state index in [9.17, 15) is 19.7 Å². The summed E-state index contributed by atoms with van der Waals surface area (Å²) in [6.45, 7) is 4.40. The van der Waals surface area contributed by atoms with E-state index in [-0.39, 0.29) is 17.3 Å². The Bertz CT molecular complexity index is 1190. The number of carbonyl (C=O) groups excluding carboxylic acids is 1. The molecule has 0 saturated carbocycles. The van der Waals surface area contributed by atoms with Gasteiger partial charge < -0.3 is 15.1 Å². The van der Waals surface area contributed by atoms with Gasteiger partial charge in [-0.2, -0.15) is 0 Å². The Morgan fingerprint density at radius 2 is 1.70 bits per heavy atom. The van der Waals surface area contributed by atoms with Crippen molar-refractivity contribution in [1.29, 1.82) is 0 Å². The molecule has 1 amide bonds. The smallest absolute Gasteiger partial charge is 0.269 e. The zero-order valence-electron chi connectivity index (χ0n) is 18.1. The van der Waals surface area contributed by atoms with Gasteiger partial charge in [0.15, 0.2) is 0 Å². The third kappa shape index (κ3) is 5.00. The van der Waals surface area contributed by atoms with Crippen molar-refractivity contribution in [3.05, 3.63) is 92.4 Å². The summed E-state index contributed by atoms with van der Waals surface area (Å²) < 4.78 is 0. The highest BCUT2D eigenvalue weighted by Crippen LogP contribution is 2.21. The number of hydrogen-bond acceptors (Lipinski definition) is 7. The molecule has 33 heavy (non-hydrogen) atoms. The standard InChI is InChI=1S/C23H24N6O4/c1-16(17-5-3-2-4-6-17)25-21(30)20-15-24-23(26-22(20)31)28-13-11-27(12-14-28)18-7-9-19(10-8-18)29(32)33/h2-10,15-16H,11-14H2,1H3,(H,25,30)(H,24,26,31). The molecule has 2 N–H and O–H groups in total. The third-order valence-electron chi connectivity index (χ3n) is 5.68. The molecule has 0 radical (unpaired) electrons. The van der Waals surface area contributed by atoms with Crippen molar-refractivity contribution in [2.24, 2.45) is 0 Å². The van der Waals surface area contributed by atoms with Crippen molar-refractivity contribution in [2.75, 3.05) is 36.0 Å². The van der Waals surface area contributed by atoms with Crippen LogP contribution in [0.15, 0.2) is 65.6 Å². The topological polar surface area (TPSA) is 124 Å². The van der Waals surface area contributed by atoms with Gasteiger partial charge in [-0.3, -0.25) is 24.7 Å². The average molecular weight is 448 g/mol. The van der Waals surface area contributed by atoms with Crippen LogP contribution in [-0.4, -0.2) is 47.0 Å². The molecule has 10 heteroatoms. The van der Waals surface area contributed by atoms with Crippen LogP contribution in [0.4, 0.5) is 17.3 Å². The first-order valence-electron chi connectivity index (χ1n) is 10.6. The van der Waals surface area contributed by atoms with E-state index in [0.29, 0.717) is 32.1 Å². The van der Waals surface area contributed by atoms with Crippen LogP contribution in [-0.2, 0) is 0 Å². The number of piperazine rings is 1. The normalized spacial score (nSPS) is 14.6. The van der Waals surface area contributed by atoms with E-state index in [2.05, 4.69) is 20.2 Å². The molecule has 0 aliphatic carbocycles. The van der Waals surface area contributed by atoms with Gasteiger partial charge in [-0.15, -0.1) is 0 Å². The van der Waals surface area contributed by atoms with Crippen LogP contribution in [0.25, 0.3) is 0 Å². The van der Waals surface area contributed by atoms with Gasteiger partial charge in [0.2, 0.25) is 5.95 Å². The molecule has 0 spiro atoms. The number of hydrogen-bond donors (Lipinski definition) is 2. The summed E-state index contributed by atoms with van der Waals surface area (Å²) in [5.41, 5.74) is 1.38. The lowest BCUT2D eigenvalue weighted by Crippen LogP contribution is -2.47. The Morgan fingerprint density at radius 3 is 2.30 bits per heavy atom. The number of nitro benzene ring substituents is 1. The second-order valence-corrected chi connectivity index (χ2v) is 7.80. The van der Waals surface area contributed by atoms with Gasteiger partial charge in [0.05, 0.1) is 11.0 Å². The van der Waals surface area contributed by atoms with Crippen LogP contribution in [0.1, 0.15) is 28.9 Å². The summed E-state index contributed by atoms with van der Waals surface area (Å²) in [6, 6.07) is 15.7. The van der Waals surface area contributed by atoms with Crippen molar-refractivity contribution in [3.8, 4) is 0 Å². The maximum absolute atomic E-state index is 12.6. The first-order chi connectivity index (χ1) is 15.9. The lowest BCUT2D eigenvalue weighted by Gasteiger charge is -2.36. The van der Waals surface area contributed by atoms with E-state index >= 15 is 0 Å². The number of H-pyrrole nitrogens is 1. The number of carbonyl (C=O) groups is 1. The van der Waals surface area contributed by atoms with Crippen LogP contribution in [0.5, 0.6) is 0 Å². The van der Waals surface area contributed by atoms with Crippen molar-refractivity contribution in [2.45, 2.75) is 13.0 Å². The minimum atomic E-state index is -0.490. The molecule has 1 atom stereocenters. The second-order valence-electron chi connectivity index (χ2n) is 7.80. The van der Waals surface area contributed by atoms with Gasteiger partial charge in [0.1, 0.15) is 5.56 Å². The predicted octanol–water partition coefficient (Wildman–Crippen LogP) is 2.50. The SMILES string of the molecule is CC(NC(=O)c1cnc(N2CCN(c3ccc([N+](=O)[O-])cc3)CC2)[nH]c1=O)c1ccccc1. The Kier molecular flexibility index (Phi) is 6.34. The molecule has 1 fully saturated rings. The first-order valence-corrected chi connectivity index (χ1v) is 10.6. The van der Waals surface area contributed by atoms with Gasteiger partial charge >= 0.3 is 0 Å². The quantitative estimate of drug-likeness (QED) is 0.438. The van der Waals surface area contributed by atoms with Gasteiger partial charge in [0, 0.05) is 50.2 Å². The lowest BCUT2D eigenvalue weighted by atomic mass is 10.1. The van der Waals surface area contributed by atoms with Crippen LogP contribution in [0.2, 0.25) is 0 Å². The monoisotopic (exact) mass is 448 g/mol. The van der Waals surface area contributed by atoms with Crippen molar-refractivity contribution in [1.82, 2.24) is 15.3 Å². The van der Waals surface area contributed by atoms with Gasteiger partial charge in [-0.05, 0) is 24.6 Å². The van der Waals surface area contributed by atoms with Crippen LogP contribution in [0, 0.1) is 10.1 Å². The lowest BCUT2D eigenvalue weighted by molar-refractivity contribution is -0.384.